The summed E-state index contributed by atoms with van der Waals surface area (Å²) in [5.74, 6) is 0.124. The Hall–Kier alpha value is -2.34. The Morgan fingerprint density at radius 3 is 2.48 bits per heavy atom. The molecule has 1 aliphatic heterocycles. The fraction of sp³-hybridized carbons (Fsp3) is 0.381. The number of sulfonamides is 1. The molecule has 0 saturated heterocycles. The summed E-state index contributed by atoms with van der Waals surface area (Å²) in [5.41, 5.74) is 3.83. The Balaban J connectivity index is 1.78. The van der Waals surface area contributed by atoms with Gasteiger partial charge in [0.15, 0.2) is 0 Å². The molecule has 6 heteroatoms. The zero-order valence-electron chi connectivity index (χ0n) is 15.9. The predicted molar refractivity (Wildman–Crippen MR) is 107 cm³/mol. The molecule has 1 N–H and O–H groups in total. The van der Waals surface area contributed by atoms with Gasteiger partial charge in [0.25, 0.3) is 10.0 Å². The van der Waals surface area contributed by atoms with E-state index in [1.54, 1.807) is 18.2 Å². The first-order valence-electron chi connectivity index (χ1n) is 9.44. The summed E-state index contributed by atoms with van der Waals surface area (Å²) in [7, 11) is -3.64. The molecule has 0 saturated carbocycles. The normalized spacial score (nSPS) is 13.9. The molecule has 0 fully saturated rings. The first-order chi connectivity index (χ1) is 12.9. The lowest BCUT2D eigenvalue weighted by molar-refractivity contribution is -0.131. The van der Waals surface area contributed by atoms with Crippen LogP contribution in [0.3, 0.4) is 0 Å². The summed E-state index contributed by atoms with van der Waals surface area (Å²) in [5, 5.41) is 0. The van der Waals surface area contributed by atoms with Crippen LogP contribution in [0, 0.1) is 0 Å². The average molecular weight is 387 g/mol. The smallest absolute Gasteiger partial charge is 0.261 e. The summed E-state index contributed by atoms with van der Waals surface area (Å²) in [6, 6.07) is 12.6. The van der Waals surface area contributed by atoms with Gasteiger partial charge in [0.2, 0.25) is 5.91 Å². The topological polar surface area (TPSA) is 66.5 Å². The second-order valence-corrected chi connectivity index (χ2v) is 8.58. The van der Waals surface area contributed by atoms with E-state index in [0.29, 0.717) is 18.7 Å². The largest absolute Gasteiger partial charge is 0.338 e. The third-order valence-electron chi connectivity index (χ3n) is 4.90. The molecular formula is C21H26N2O3S. The quantitative estimate of drug-likeness (QED) is 0.822. The fourth-order valence-corrected chi connectivity index (χ4v) is 4.44. The molecule has 3 rings (SSSR count). The molecule has 5 nitrogen and oxygen atoms in total. The van der Waals surface area contributed by atoms with E-state index in [1.165, 1.54) is 5.56 Å². The van der Waals surface area contributed by atoms with Gasteiger partial charge in [0.05, 0.1) is 4.90 Å². The summed E-state index contributed by atoms with van der Waals surface area (Å²) >= 11 is 0. The maximum absolute atomic E-state index is 12.7. The molecule has 0 bridgehead atoms. The fourth-order valence-electron chi connectivity index (χ4n) is 3.40. The number of anilines is 1. The van der Waals surface area contributed by atoms with Crippen molar-refractivity contribution in [3.8, 4) is 0 Å². The standard InChI is InChI=1S/C21H26N2O3S/c1-3-5-16-6-10-20(11-7-16)27(25,26)22-19-9-8-17-12-13-23(21(24)4-2)15-18(17)14-19/h6-11,14,22H,3-5,12-13,15H2,1-2H3. The minimum absolute atomic E-state index is 0.124. The molecule has 144 valence electrons. The van der Waals surface area contributed by atoms with Gasteiger partial charge in [-0.05, 0) is 53.8 Å². The molecule has 2 aromatic rings. The van der Waals surface area contributed by atoms with Crippen LogP contribution in [0.1, 0.15) is 43.4 Å². The Morgan fingerprint density at radius 1 is 1.07 bits per heavy atom. The van der Waals surface area contributed by atoms with E-state index < -0.39 is 10.0 Å². The average Bonchev–Trinajstić information content (AvgIpc) is 2.67. The number of carbonyl (C=O) groups excluding carboxylic acids is 1. The number of carbonyl (C=O) groups is 1. The van der Waals surface area contributed by atoms with Crippen LogP contribution in [0.5, 0.6) is 0 Å². The van der Waals surface area contributed by atoms with E-state index in [0.717, 1.165) is 36.9 Å². The molecule has 0 radical (unpaired) electrons. The van der Waals surface area contributed by atoms with Crippen molar-refractivity contribution in [3.63, 3.8) is 0 Å². The van der Waals surface area contributed by atoms with Gasteiger partial charge in [-0.25, -0.2) is 8.42 Å². The summed E-state index contributed by atoms with van der Waals surface area (Å²) in [6.07, 6.45) is 3.24. The Labute approximate surface area is 161 Å². The highest BCUT2D eigenvalue weighted by atomic mass is 32.2. The van der Waals surface area contributed by atoms with Gasteiger partial charge in [0.1, 0.15) is 0 Å². The van der Waals surface area contributed by atoms with Gasteiger partial charge < -0.3 is 4.90 Å². The number of aryl methyl sites for hydroxylation is 1. The third-order valence-corrected chi connectivity index (χ3v) is 6.30. The molecular weight excluding hydrogens is 360 g/mol. The van der Waals surface area contributed by atoms with Crippen LogP contribution >= 0.6 is 0 Å². The lowest BCUT2D eigenvalue weighted by Crippen LogP contribution is -2.35. The second-order valence-electron chi connectivity index (χ2n) is 6.90. The Morgan fingerprint density at radius 2 is 1.81 bits per heavy atom. The van der Waals surface area contributed by atoms with Crippen LogP contribution in [0.2, 0.25) is 0 Å². The van der Waals surface area contributed by atoms with Gasteiger partial charge in [-0.3, -0.25) is 9.52 Å². The summed E-state index contributed by atoms with van der Waals surface area (Å²) in [6.45, 7) is 5.20. The zero-order valence-corrected chi connectivity index (χ0v) is 16.7. The van der Waals surface area contributed by atoms with Crippen LogP contribution in [-0.2, 0) is 34.2 Å². The van der Waals surface area contributed by atoms with E-state index in [1.807, 2.05) is 36.1 Å². The lowest BCUT2D eigenvalue weighted by atomic mass is 9.99. The monoisotopic (exact) mass is 386 g/mol. The maximum atomic E-state index is 12.7. The van der Waals surface area contributed by atoms with Gasteiger partial charge in [-0.1, -0.05) is 38.5 Å². The van der Waals surface area contributed by atoms with Crippen molar-refractivity contribution in [2.45, 2.75) is 51.0 Å². The van der Waals surface area contributed by atoms with Crippen LogP contribution in [0.15, 0.2) is 47.4 Å². The molecule has 1 heterocycles. The van der Waals surface area contributed by atoms with Crippen molar-refractivity contribution in [1.82, 2.24) is 4.90 Å². The molecule has 27 heavy (non-hydrogen) atoms. The van der Waals surface area contributed by atoms with E-state index in [4.69, 9.17) is 0 Å². The Kier molecular flexibility index (Phi) is 5.85. The maximum Gasteiger partial charge on any atom is 0.261 e. The van der Waals surface area contributed by atoms with Gasteiger partial charge >= 0.3 is 0 Å². The van der Waals surface area contributed by atoms with Crippen molar-refractivity contribution >= 4 is 21.6 Å². The number of nitrogens with zero attached hydrogens (tertiary/aromatic N) is 1. The van der Waals surface area contributed by atoms with Crippen LogP contribution in [-0.4, -0.2) is 25.8 Å². The van der Waals surface area contributed by atoms with E-state index >= 15 is 0 Å². The number of fused-ring (bicyclic) bond motifs is 1. The Bertz CT molecular complexity index is 921. The number of hydrogen-bond acceptors (Lipinski definition) is 3. The summed E-state index contributed by atoms with van der Waals surface area (Å²) < 4.78 is 28.0. The molecule has 1 aliphatic rings. The minimum Gasteiger partial charge on any atom is -0.338 e. The van der Waals surface area contributed by atoms with Crippen LogP contribution in [0.25, 0.3) is 0 Å². The van der Waals surface area contributed by atoms with Crippen LogP contribution < -0.4 is 4.72 Å². The number of hydrogen-bond donors (Lipinski definition) is 1. The van der Waals surface area contributed by atoms with Crippen LogP contribution in [0.4, 0.5) is 5.69 Å². The van der Waals surface area contributed by atoms with E-state index in [2.05, 4.69) is 11.6 Å². The van der Waals surface area contributed by atoms with Crippen molar-refractivity contribution in [2.24, 2.45) is 0 Å². The highest BCUT2D eigenvalue weighted by Gasteiger charge is 2.21. The van der Waals surface area contributed by atoms with Gasteiger partial charge in [-0.15, -0.1) is 0 Å². The molecule has 0 aromatic heterocycles. The zero-order chi connectivity index (χ0) is 19.4. The second kappa shape index (κ2) is 8.13. The summed E-state index contributed by atoms with van der Waals surface area (Å²) in [4.78, 5) is 14.0. The minimum atomic E-state index is -3.64. The van der Waals surface area contributed by atoms with Crippen molar-refractivity contribution in [1.29, 1.82) is 0 Å². The van der Waals surface area contributed by atoms with Crippen molar-refractivity contribution in [3.05, 3.63) is 59.2 Å². The number of amides is 1. The first-order valence-corrected chi connectivity index (χ1v) is 10.9. The van der Waals surface area contributed by atoms with Crippen molar-refractivity contribution < 1.29 is 13.2 Å². The van der Waals surface area contributed by atoms with Gasteiger partial charge in [0, 0.05) is 25.2 Å². The number of benzene rings is 2. The van der Waals surface area contributed by atoms with Crippen molar-refractivity contribution in [2.75, 3.05) is 11.3 Å². The third kappa shape index (κ3) is 4.50. The van der Waals surface area contributed by atoms with E-state index in [-0.39, 0.29) is 10.8 Å². The van der Waals surface area contributed by atoms with Gasteiger partial charge in [-0.2, -0.15) is 0 Å². The predicted octanol–water partition coefficient (Wildman–Crippen LogP) is 3.73. The first kappa shape index (κ1) is 19.4. The molecule has 1 amide bonds. The molecule has 0 unspecified atom stereocenters. The number of nitrogens with one attached hydrogen (secondary N) is 1. The molecule has 0 atom stereocenters. The number of rotatable bonds is 6. The highest BCUT2D eigenvalue weighted by Crippen LogP contribution is 2.25. The lowest BCUT2D eigenvalue weighted by Gasteiger charge is -2.29. The highest BCUT2D eigenvalue weighted by molar-refractivity contribution is 7.92. The molecule has 0 aliphatic carbocycles. The van der Waals surface area contributed by atoms with E-state index in [9.17, 15) is 13.2 Å². The molecule has 2 aromatic carbocycles. The molecule has 0 spiro atoms. The SMILES string of the molecule is CCCc1ccc(S(=O)(=O)Nc2ccc3c(c2)CN(C(=O)CC)CC3)cc1.